The minimum atomic E-state index is -0.395. The number of aryl methyl sites for hydroxylation is 2. The van der Waals surface area contributed by atoms with Crippen molar-refractivity contribution < 1.29 is 4.79 Å². The maximum atomic E-state index is 12.9. The van der Waals surface area contributed by atoms with Gasteiger partial charge in [-0.15, -0.1) is 11.8 Å². The summed E-state index contributed by atoms with van der Waals surface area (Å²) in [4.78, 5) is 45.2. The van der Waals surface area contributed by atoms with Gasteiger partial charge in [0.2, 0.25) is 5.91 Å². The number of pyridine rings is 1. The second kappa shape index (κ2) is 9.61. The van der Waals surface area contributed by atoms with Gasteiger partial charge in [-0.05, 0) is 31.2 Å². The Balaban J connectivity index is 2.00. The van der Waals surface area contributed by atoms with Crippen LogP contribution in [0.4, 0.5) is 0 Å². The Hall–Kier alpha value is -2.09. The normalized spacial score (nSPS) is 14.9. The number of nitrogens with zero attached hydrogens (tertiary/aromatic N) is 4. The van der Waals surface area contributed by atoms with Crippen molar-refractivity contribution in [2.45, 2.75) is 56.8 Å². The van der Waals surface area contributed by atoms with Crippen LogP contribution in [0.15, 0.2) is 20.7 Å². The number of likely N-dealkylation sites (tertiary alicyclic amines) is 1. The molecule has 0 unspecified atom stereocenters. The van der Waals surface area contributed by atoms with Crippen molar-refractivity contribution in [2.24, 2.45) is 14.1 Å². The van der Waals surface area contributed by atoms with E-state index in [1.165, 1.54) is 36.2 Å². The highest BCUT2D eigenvalue weighted by Crippen LogP contribution is 2.29. The molecule has 0 N–H and O–H groups in total. The summed E-state index contributed by atoms with van der Waals surface area (Å²) >= 11 is 1.41. The fourth-order valence-corrected chi connectivity index (χ4v) is 4.91. The largest absolute Gasteiger partial charge is 0.342 e. The molecule has 1 aliphatic heterocycles. The van der Waals surface area contributed by atoms with Gasteiger partial charge in [-0.2, -0.15) is 0 Å². The summed E-state index contributed by atoms with van der Waals surface area (Å²) in [5.41, 5.74) is 0.610. The molecule has 0 aromatic carbocycles. The smallest absolute Gasteiger partial charge is 0.332 e. The molecule has 1 fully saturated rings. The maximum absolute atomic E-state index is 12.9. The molecule has 0 bridgehead atoms. The summed E-state index contributed by atoms with van der Waals surface area (Å²) in [6.07, 6.45) is 9.03. The van der Waals surface area contributed by atoms with Gasteiger partial charge in [0.15, 0.2) is 0 Å². The zero-order valence-corrected chi connectivity index (χ0v) is 18.4. The second-order valence-corrected chi connectivity index (χ2v) is 8.69. The molecule has 1 saturated heterocycles. The van der Waals surface area contributed by atoms with E-state index in [0.29, 0.717) is 16.8 Å². The molecule has 3 heterocycles. The highest BCUT2D eigenvalue weighted by Gasteiger charge is 2.20. The predicted molar refractivity (Wildman–Crippen MR) is 117 cm³/mol. The van der Waals surface area contributed by atoms with Crippen molar-refractivity contribution >= 4 is 28.7 Å². The van der Waals surface area contributed by atoms with E-state index in [-0.39, 0.29) is 11.5 Å². The van der Waals surface area contributed by atoms with Crippen LogP contribution in [0.2, 0.25) is 0 Å². The van der Waals surface area contributed by atoms with E-state index in [0.717, 1.165) is 60.2 Å². The van der Waals surface area contributed by atoms with Gasteiger partial charge in [0.1, 0.15) is 5.65 Å². The molecule has 158 valence electrons. The minimum Gasteiger partial charge on any atom is -0.342 e. The third kappa shape index (κ3) is 4.57. The zero-order chi connectivity index (χ0) is 21.0. The molecule has 3 rings (SSSR count). The third-order valence-corrected chi connectivity index (χ3v) is 6.74. The van der Waals surface area contributed by atoms with E-state index in [4.69, 9.17) is 0 Å². The number of unbranched alkanes of at least 4 members (excludes halogenated alkanes) is 1. The van der Waals surface area contributed by atoms with Gasteiger partial charge in [-0.1, -0.05) is 26.2 Å². The molecule has 8 heteroatoms. The predicted octanol–water partition coefficient (Wildman–Crippen LogP) is 2.47. The van der Waals surface area contributed by atoms with Crippen LogP contribution < -0.4 is 11.2 Å². The first-order valence-corrected chi connectivity index (χ1v) is 11.4. The zero-order valence-electron chi connectivity index (χ0n) is 17.6. The molecule has 1 aliphatic rings. The molecule has 2 aromatic rings. The molecule has 1 amide bonds. The molecule has 0 atom stereocenters. The second-order valence-electron chi connectivity index (χ2n) is 7.70. The molecule has 29 heavy (non-hydrogen) atoms. The van der Waals surface area contributed by atoms with Crippen molar-refractivity contribution in [2.75, 3.05) is 18.8 Å². The van der Waals surface area contributed by atoms with Crippen LogP contribution in [0, 0.1) is 0 Å². The van der Waals surface area contributed by atoms with Gasteiger partial charge in [0, 0.05) is 38.3 Å². The lowest BCUT2D eigenvalue weighted by Crippen LogP contribution is -2.37. The lowest BCUT2D eigenvalue weighted by atomic mass is 10.1. The van der Waals surface area contributed by atoms with Gasteiger partial charge >= 0.3 is 5.69 Å². The Bertz CT molecular complexity index is 1000. The lowest BCUT2D eigenvalue weighted by molar-refractivity contribution is -0.128. The van der Waals surface area contributed by atoms with Crippen LogP contribution in [-0.2, 0) is 25.3 Å². The number of hydrogen-bond donors (Lipinski definition) is 0. The van der Waals surface area contributed by atoms with Crippen molar-refractivity contribution in [1.29, 1.82) is 0 Å². The molecule has 7 nitrogen and oxygen atoms in total. The molecule has 2 aromatic heterocycles. The topological polar surface area (TPSA) is 77.2 Å². The lowest BCUT2D eigenvalue weighted by Gasteiger charge is -2.20. The molecule has 0 aliphatic carbocycles. The van der Waals surface area contributed by atoms with Crippen LogP contribution in [0.25, 0.3) is 11.0 Å². The van der Waals surface area contributed by atoms with Crippen LogP contribution >= 0.6 is 11.8 Å². The van der Waals surface area contributed by atoms with Gasteiger partial charge < -0.3 is 4.90 Å². The third-order valence-electron chi connectivity index (χ3n) is 5.59. The minimum absolute atomic E-state index is 0.116. The summed E-state index contributed by atoms with van der Waals surface area (Å²) < 4.78 is 2.52. The number of amides is 1. The number of carbonyl (C=O) groups excluding carboxylic acids is 1. The number of aromatic nitrogens is 3. The Labute approximate surface area is 175 Å². The van der Waals surface area contributed by atoms with Gasteiger partial charge in [0.05, 0.1) is 11.1 Å². The first kappa shape index (κ1) is 21.6. The summed E-state index contributed by atoms with van der Waals surface area (Å²) in [6.45, 7) is 3.75. The molecule has 0 radical (unpaired) electrons. The Morgan fingerprint density at radius 1 is 1.10 bits per heavy atom. The van der Waals surface area contributed by atoms with Crippen LogP contribution in [-0.4, -0.2) is 43.8 Å². The summed E-state index contributed by atoms with van der Waals surface area (Å²) in [7, 11) is 3.11. The van der Waals surface area contributed by atoms with Gasteiger partial charge in [0.25, 0.3) is 5.56 Å². The number of rotatable bonds is 6. The van der Waals surface area contributed by atoms with Crippen LogP contribution in [0.5, 0.6) is 0 Å². The molecule has 0 spiro atoms. The Morgan fingerprint density at radius 3 is 2.45 bits per heavy atom. The van der Waals surface area contributed by atoms with Crippen LogP contribution in [0.3, 0.4) is 0 Å². The fourth-order valence-electron chi connectivity index (χ4n) is 3.80. The van der Waals surface area contributed by atoms with Crippen molar-refractivity contribution in [3.05, 3.63) is 32.6 Å². The van der Waals surface area contributed by atoms with Crippen LogP contribution in [0.1, 0.15) is 51.0 Å². The first-order valence-electron chi connectivity index (χ1n) is 10.4. The molecule has 0 saturated carbocycles. The molecular weight excluding hydrogens is 388 g/mol. The van der Waals surface area contributed by atoms with E-state index in [9.17, 15) is 14.4 Å². The van der Waals surface area contributed by atoms with Gasteiger partial charge in [-0.25, -0.2) is 9.78 Å². The summed E-state index contributed by atoms with van der Waals surface area (Å²) in [5.74, 6) is 0.412. The fraction of sp³-hybridized carbons (Fsp3) is 0.619. The van der Waals surface area contributed by atoms with E-state index in [1.54, 1.807) is 13.2 Å². The standard InChI is InChI=1S/C21H30N4O3S/c1-4-5-10-15-13-22-19-17(20(27)24(3)21(28)23(19)2)18(15)29-14-16(26)25-11-8-6-7-9-12-25/h13H,4-12,14H2,1-3H3. The maximum Gasteiger partial charge on any atom is 0.332 e. The van der Waals surface area contributed by atoms with Gasteiger partial charge in [-0.3, -0.25) is 18.7 Å². The monoisotopic (exact) mass is 418 g/mol. The Kier molecular flexibility index (Phi) is 7.16. The van der Waals surface area contributed by atoms with E-state index >= 15 is 0 Å². The number of thioether (sulfide) groups is 1. The number of hydrogen-bond acceptors (Lipinski definition) is 5. The quantitative estimate of drug-likeness (QED) is 0.674. The number of fused-ring (bicyclic) bond motifs is 1. The SMILES string of the molecule is CCCCc1cnc2c(c1SCC(=O)N1CCCCCC1)c(=O)n(C)c(=O)n2C. The van der Waals surface area contributed by atoms with E-state index < -0.39 is 5.69 Å². The Morgan fingerprint density at radius 2 is 1.79 bits per heavy atom. The highest BCUT2D eigenvalue weighted by atomic mass is 32.2. The van der Waals surface area contributed by atoms with Crippen molar-refractivity contribution in [1.82, 2.24) is 19.0 Å². The van der Waals surface area contributed by atoms with Crippen molar-refractivity contribution in [3.63, 3.8) is 0 Å². The highest BCUT2D eigenvalue weighted by molar-refractivity contribution is 8.00. The number of carbonyl (C=O) groups is 1. The van der Waals surface area contributed by atoms with E-state index in [1.807, 2.05) is 4.90 Å². The summed E-state index contributed by atoms with van der Waals surface area (Å²) in [6, 6.07) is 0. The van der Waals surface area contributed by atoms with Crippen molar-refractivity contribution in [3.8, 4) is 0 Å². The molecular formula is C21H30N4O3S. The average Bonchev–Trinajstić information content (AvgIpc) is 3.02. The first-order chi connectivity index (χ1) is 14.0. The summed E-state index contributed by atoms with van der Waals surface area (Å²) in [5, 5.41) is 0.442. The van der Waals surface area contributed by atoms with E-state index in [2.05, 4.69) is 11.9 Å². The average molecular weight is 419 g/mol.